The van der Waals surface area contributed by atoms with Crippen LogP contribution in [0.3, 0.4) is 0 Å². The Morgan fingerprint density at radius 1 is 1.11 bits per heavy atom. The van der Waals surface area contributed by atoms with Crippen LogP contribution in [-0.4, -0.2) is 58.5 Å². The third kappa shape index (κ3) is 11.4. The van der Waals surface area contributed by atoms with E-state index in [0.717, 1.165) is 6.92 Å². The number of ether oxygens (including phenoxy) is 4. The number of carboxylic acid groups (broad SMARTS) is 1. The van der Waals surface area contributed by atoms with Crippen LogP contribution < -0.4 is 9.47 Å². The Labute approximate surface area is 217 Å². The third-order valence-corrected chi connectivity index (χ3v) is 4.72. The van der Waals surface area contributed by atoms with E-state index in [2.05, 4.69) is 9.97 Å². The molecular formula is C25H29F3N2O8. The maximum absolute atomic E-state index is 12.3. The van der Waals surface area contributed by atoms with E-state index in [1.165, 1.54) is 18.3 Å². The van der Waals surface area contributed by atoms with Crippen molar-refractivity contribution in [2.75, 3.05) is 13.2 Å². The summed E-state index contributed by atoms with van der Waals surface area (Å²) in [6, 6.07) is 5.88. The standard InChI is InChI=1S/C25H29F3N2O8/c1-15(2)13-37-22(32)11-17-4-5-20(18(10-17)12-21(23(33)34)38-16(3)31)36-14-19-6-8-29-24(30-19)35-9-7-25(26,27)28/h4-6,8,10,15,21H,7,9,11-14H2,1-3H3,(H,33,34). The van der Waals surface area contributed by atoms with E-state index in [9.17, 15) is 32.7 Å². The lowest BCUT2D eigenvalue weighted by atomic mass is 10.0. The Hall–Kier alpha value is -3.90. The normalized spacial score (nSPS) is 12.1. The first-order valence-electron chi connectivity index (χ1n) is 11.6. The molecule has 10 nitrogen and oxygen atoms in total. The predicted molar refractivity (Wildman–Crippen MR) is 125 cm³/mol. The number of carbonyl (C=O) groups excluding carboxylic acids is 2. The van der Waals surface area contributed by atoms with E-state index >= 15 is 0 Å². The minimum Gasteiger partial charge on any atom is -0.487 e. The molecular weight excluding hydrogens is 513 g/mol. The van der Waals surface area contributed by atoms with Crippen LogP contribution in [0.15, 0.2) is 30.5 Å². The lowest BCUT2D eigenvalue weighted by Gasteiger charge is -2.17. The number of esters is 2. The van der Waals surface area contributed by atoms with E-state index in [0.29, 0.717) is 11.1 Å². The van der Waals surface area contributed by atoms with Crippen molar-refractivity contribution in [2.24, 2.45) is 5.92 Å². The summed E-state index contributed by atoms with van der Waals surface area (Å²) in [4.78, 5) is 42.9. The number of aromatic nitrogens is 2. The highest BCUT2D eigenvalue weighted by atomic mass is 19.4. The molecule has 38 heavy (non-hydrogen) atoms. The van der Waals surface area contributed by atoms with E-state index < -0.39 is 43.2 Å². The number of carboxylic acids is 1. The highest BCUT2D eigenvalue weighted by molar-refractivity contribution is 5.77. The largest absolute Gasteiger partial charge is 0.487 e. The number of hydrogen-bond donors (Lipinski definition) is 1. The van der Waals surface area contributed by atoms with Gasteiger partial charge in [0.25, 0.3) is 0 Å². The molecule has 208 valence electrons. The molecule has 1 unspecified atom stereocenters. The second kappa shape index (κ2) is 14.1. The molecule has 1 heterocycles. The molecule has 0 aliphatic rings. The summed E-state index contributed by atoms with van der Waals surface area (Å²) in [6.45, 7) is 4.32. The number of nitrogens with zero attached hydrogens (tertiary/aromatic N) is 2. The van der Waals surface area contributed by atoms with Crippen LogP contribution >= 0.6 is 0 Å². The van der Waals surface area contributed by atoms with Crippen molar-refractivity contribution in [3.05, 3.63) is 47.3 Å². The summed E-state index contributed by atoms with van der Waals surface area (Å²) < 4.78 is 57.8. The summed E-state index contributed by atoms with van der Waals surface area (Å²) in [5.41, 5.74) is 1.14. The molecule has 0 aliphatic heterocycles. The minimum absolute atomic E-state index is 0.0736. The number of carbonyl (C=O) groups is 3. The van der Waals surface area contributed by atoms with Crippen LogP contribution in [0.1, 0.15) is 44.0 Å². The summed E-state index contributed by atoms with van der Waals surface area (Å²) in [5.74, 6) is -2.24. The van der Waals surface area contributed by atoms with Crippen molar-refractivity contribution >= 4 is 17.9 Å². The first kappa shape index (κ1) is 30.3. The fourth-order valence-electron chi connectivity index (χ4n) is 3.04. The second-order valence-electron chi connectivity index (χ2n) is 8.67. The summed E-state index contributed by atoms with van der Waals surface area (Å²) in [5, 5.41) is 9.48. The van der Waals surface area contributed by atoms with Crippen molar-refractivity contribution in [1.82, 2.24) is 9.97 Å². The zero-order valence-corrected chi connectivity index (χ0v) is 21.1. The maximum Gasteiger partial charge on any atom is 0.392 e. The number of rotatable bonds is 14. The monoisotopic (exact) mass is 542 g/mol. The highest BCUT2D eigenvalue weighted by Crippen LogP contribution is 2.25. The van der Waals surface area contributed by atoms with Gasteiger partial charge < -0.3 is 24.1 Å². The van der Waals surface area contributed by atoms with Gasteiger partial charge in [-0.15, -0.1) is 0 Å². The average molecular weight is 543 g/mol. The first-order chi connectivity index (χ1) is 17.8. The first-order valence-corrected chi connectivity index (χ1v) is 11.6. The molecule has 13 heteroatoms. The Morgan fingerprint density at radius 3 is 2.47 bits per heavy atom. The van der Waals surface area contributed by atoms with Gasteiger partial charge in [0.15, 0.2) is 0 Å². The van der Waals surface area contributed by atoms with Gasteiger partial charge in [-0.1, -0.05) is 26.0 Å². The molecule has 1 aromatic carbocycles. The molecule has 1 aromatic heterocycles. The smallest absolute Gasteiger partial charge is 0.392 e. The molecule has 0 bridgehead atoms. The van der Waals surface area contributed by atoms with E-state index in [1.54, 1.807) is 12.1 Å². The van der Waals surface area contributed by atoms with Gasteiger partial charge in [0, 0.05) is 19.5 Å². The Balaban J connectivity index is 2.19. The van der Waals surface area contributed by atoms with Crippen molar-refractivity contribution in [1.29, 1.82) is 0 Å². The lowest BCUT2D eigenvalue weighted by Crippen LogP contribution is -2.28. The molecule has 0 amide bonds. The van der Waals surface area contributed by atoms with Crippen LogP contribution in [0.5, 0.6) is 11.8 Å². The molecule has 1 N–H and O–H groups in total. The van der Waals surface area contributed by atoms with Crippen molar-refractivity contribution < 1.29 is 51.6 Å². The van der Waals surface area contributed by atoms with Crippen LogP contribution in [0, 0.1) is 5.92 Å². The van der Waals surface area contributed by atoms with Crippen LogP contribution in [0.2, 0.25) is 0 Å². The highest BCUT2D eigenvalue weighted by Gasteiger charge is 2.27. The van der Waals surface area contributed by atoms with Crippen molar-refractivity contribution in [3.8, 4) is 11.8 Å². The van der Waals surface area contributed by atoms with E-state index in [1.807, 2.05) is 13.8 Å². The summed E-state index contributed by atoms with van der Waals surface area (Å²) >= 11 is 0. The van der Waals surface area contributed by atoms with Crippen molar-refractivity contribution in [2.45, 2.75) is 58.9 Å². The predicted octanol–water partition coefficient (Wildman–Crippen LogP) is 3.69. The van der Waals surface area contributed by atoms with E-state index in [4.69, 9.17) is 18.9 Å². The van der Waals surface area contributed by atoms with Gasteiger partial charge in [0.2, 0.25) is 6.10 Å². The van der Waals surface area contributed by atoms with Gasteiger partial charge in [0.1, 0.15) is 19.0 Å². The average Bonchev–Trinajstić information content (AvgIpc) is 2.81. The second-order valence-corrected chi connectivity index (χ2v) is 8.67. The topological polar surface area (TPSA) is 134 Å². The van der Waals surface area contributed by atoms with Crippen LogP contribution in [0.4, 0.5) is 13.2 Å². The van der Waals surface area contributed by atoms with Gasteiger partial charge in [0.05, 0.1) is 25.1 Å². The Kier molecular flexibility index (Phi) is 11.3. The molecule has 0 fully saturated rings. The number of benzene rings is 1. The Bertz CT molecular complexity index is 1110. The van der Waals surface area contributed by atoms with Crippen LogP contribution in [0.25, 0.3) is 0 Å². The number of alkyl halides is 3. The summed E-state index contributed by atoms with van der Waals surface area (Å²) in [7, 11) is 0. The third-order valence-electron chi connectivity index (χ3n) is 4.72. The van der Waals surface area contributed by atoms with Gasteiger partial charge in [-0.3, -0.25) is 9.59 Å². The number of halogens is 3. The van der Waals surface area contributed by atoms with Gasteiger partial charge in [-0.05, 0) is 29.2 Å². The number of hydrogen-bond acceptors (Lipinski definition) is 9. The fraction of sp³-hybridized carbons (Fsp3) is 0.480. The number of aliphatic carboxylic acids is 1. The SMILES string of the molecule is CC(=O)OC(Cc1cc(CC(=O)OCC(C)C)ccc1OCc1ccnc(OCCC(F)(F)F)n1)C(=O)O. The molecule has 0 saturated carbocycles. The quantitative estimate of drug-likeness (QED) is 0.352. The minimum atomic E-state index is -4.38. The molecule has 0 aliphatic carbocycles. The lowest BCUT2D eigenvalue weighted by molar-refractivity contribution is -0.162. The zero-order valence-electron chi connectivity index (χ0n) is 21.1. The van der Waals surface area contributed by atoms with Gasteiger partial charge in [-0.2, -0.15) is 18.2 Å². The fourth-order valence-corrected chi connectivity index (χ4v) is 3.04. The zero-order chi connectivity index (χ0) is 28.3. The molecule has 0 radical (unpaired) electrons. The van der Waals surface area contributed by atoms with Crippen molar-refractivity contribution in [3.63, 3.8) is 0 Å². The molecule has 1 atom stereocenters. The van der Waals surface area contributed by atoms with Gasteiger partial charge in [-0.25, -0.2) is 9.78 Å². The van der Waals surface area contributed by atoms with Crippen LogP contribution in [-0.2, 0) is 43.3 Å². The Morgan fingerprint density at radius 2 is 1.84 bits per heavy atom. The molecule has 2 aromatic rings. The summed E-state index contributed by atoms with van der Waals surface area (Å²) in [6.07, 6.45) is -6.09. The molecule has 2 rings (SSSR count). The van der Waals surface area contributed by atoms with E-state index in [-0.39, 0.29) is 49.4 Å². The maximum atomic E-state index is 12.3. The van der Waals surface area contributed by atoms with Gasteiger partial charge >= 0.3 is 30.1 Å². The molecule has 0 spiro atoms. The molecule has 0 saturated heterocycles.